The highest BCUT2D eigenvalue weighted by Gasteiger charge is 2.17. The molecule has 0 heterocycles. The molecule has 0 aromatic heterocycles. The summed E-state index contributed by atoms with van der Waals surface area (Å²) in [6.07, 6.45) is 0.884. The highest BCUT2D eigenvalue weighted by Crippen LogP contribution is 2.29. The van der Waals surface area contributed by atoms with Gasteiger partial charge >= 0.3 is 12.1 Å². The van der Waals surface area contributed by atoms with Crippen LogP contribution in [-0.2, 0) is 4.79 Å². The predicted molar refractivity (Wildman–Crippen MR) is 104 cm³/mol. The number of hydrogen-bond donors (Lipinski definition) is 1. The first-order valence-corrected chi connectivity index (χ1v) is 8.66. The van der Waals surface area contributed by atoms with Crippen LogP contribution in [0.5, 0.6) is 11.5 Å². The molecule has 6 heteroatoms. The summed E-state index contributed by atoms with van der Waals surface area (Å²) in [5, 5.41) is 9.61. The Bertz CT molecular complexity index is 796. The van der Waals surface area contributed by atoms with Crippen molar-refractivity contribution in [2.24, 2.45) is 0 Å². The first kappa shape index (κ1) is 20.0. The van der Waals surface area contributed by atoms with Gasteiger partial charge in [-0.25, -0.2) is 14.5 Å². The van der Waals surface area contributed by atoms with Crippen LogP contribution in [0.15, 0.2) is 60.7 Å². The van der Waals surface area contributed by atoms with Gasteiger partial charge in [0.15, 0.2) is 0 Å². The molecule has 0 spiro atoms. The van der Waals surface area contributed by atoms with Gasteiger partial charge in [-0.05, 0) is 61.9 Å². The standard InChI is InChI=1S/C21H23NO5/c1-4-5-14-26-18-10-6-16(7-11-18)22(21(24)25)17-8-12-19(13-9-17)27-20(23)15(2)3/h6-13H,2,4-5,14H2,1,3H3,(H,24,25). The summed E-state index contributed by atoms with van der Waals surface area (Å²) in [5.74, 6) is 0.479. The number of hydrogen-bond acceptors (Lipinski definition) is 4. The van der Waals surface area contributed by atoms with E-state index in [0.29, 0.717) is 29.5 Å². The lowest BCUT2D eigenvalue weighted by molar-refractivity contribution is -0.130. The molecule has 1 amide bonds. The van der Waals surface area contributed by atoms with Crippen LogP contribution in [-0.4, -0.2) is 23.8 Å². The summed E-state index contributed by atoms with van der Waals surface area (Å²) in [5.41, 5.74) is 1.20. The van der Waals surface area contributed by atoms with Crippen molar-refractivity contribution in [2.75, 3.05) is 11.5 Å². The minimum atomic E-state index is -1.12. The van der Waals surface area contributed by atoms with Gasteiger partial charge in [0.25, 0.3) is 0 Å². The van der Waals surface area contributed by atoms with Crippen molar-refractivity contribution in [1.82, 2.24) is 0 Å². The van der Waals surface area contributed by atoms with E-state index < -0.39 is 12.1 Å². The van der Waals surface area contributed by atoms with Gasteiger partial charge in [0, 0.05) is 5.57 Å². The Hall–Kier alpha value is -3.28. The molecule has 2 aromatic carbocycles. The summed E-state index contributed by atoms with van der Waals surface area (Å²) in [6, 6.07) is 13.1. The Kier molecular flexibility index (Phi) is 7.00. The molecule has 0 saturated carbocycles. The van der Waals surface area contributed by atoms with Crippen molar-refractivity contribution in [3.05, 3.63) is 60.7 Å². The molecule has 0 bridgehead atoms. The molecule has 0 saturated heterocycles. The topological polar surface area (TPSA) is 76.1 Å². The van der Waals surface area contributed by atoms with Gasteiger partial charge in [-0.15, -0.1) is 0 Å². The number of carbonyl (C=O) groups excluding carboxylic acids is 1. The number of unbranched alkanes of at least 4 members (excludes halogenated alkanes) is 1. The Morgan fingerprint density at radius 2 is 1.52 bits per heavy atom. The maximum absolute atomic E-state index is 11.7. The van der Waals surface area contributed by atoms with Gasteiger partial charge in [-0.2, -0.15) is 0 Å². The van der Waals surface area contributed by atoms with E-state index in [4.69, 9.17) is 9.47 Å². The van der Waals surface area contributed by atoms with Crippen molar-refractivity contribution in [3.8, 4) is 11.5 Å². The molecule has 0 unspecified atom stereocenters. The SMILES string of the molecule is C=C(C)C(=O)Oc1ccc(N(C(=O)O)c2ccc(OCCCC)cc2)cc1. The summed E-state index contributed by atoms with van der Waals surface area (Å²) >= 11 is 0. The molecule has 6 nitrogen and oxygen atoms in total. The molecule has 1 N–H and O–H groups in total. The zero-order valence-corrected chi connectivity index (χ0v) is 15.5. The Morgan fingerprint density at radius 1 is 1.00 bits per heavy atom. The van der Waals surface area contributed by atoms with Crippen LogP contribution in [0.1, 0.15) is 26.7 Å². The summed E-state index contributed by atoms with van der Waals surface area (Å²) < 4.78 is 10.7. The maximum atomic E-state index is 11.7. The second kappa shape index (κ2) is 9.43. The molecule has 2 aromatic rings. The predicted octanol–water partition coefficient (Wildman–Crippen LogP) is 5.16. The van der Waals surface area contributed by atoms with Gasteiger partial charge in [0.2, 0.25) is 0 Å². The number of esters is 1. The van der Waals surface area contributed by atoms with Crippen molar-refractivity contribution in [3.63, 3.8) is 0 Å². The van der Waals surface area contributed by atoms with Crippen LogP contribution >= 0.6 is 0 Å². The number of carboxylic acid groups (broad SMARTS) is 1. The van der Waals surface area contributed by atoms with E-state index in [2.05, 4.69) is 13.5 Å². The first-order valence-electron chi connectivity index (χ1n) is 8.66. The Morgan fingerprint density at radius 3 is 1.96 bits per heavy atom. The number of rotatable bonds is 8. The van der Waals surface area contributed by atoms with E-state index in [-0.39, 0.29) is 5.57 Å². The van der Waals surface area contributed by atoms with Crippen LogP contribution in [0.3, 0.4) is 0 Å². The normalized spacial score (nSPS) is 10.1. The van der Waals surface area contributed by atoms with E-state index >= 15 is 0 Å². The average Bonchev–Trinajstić information content (AvgIpc) is 2.64. The number of benzene rings is 2. The fourth-order valence-electron chi connectivity index (χ4n) is 2.25. The molecule has 0 aliphatic rings. The number of anilines is 2. The molecular weight excluding hydrogens is 346 g/mol. The summed E-state index contributed by atoms with van der Waals surface area (Å²) in [4.78, 5) is 24.4. The second-order valence-corrected chi connectivity index (χ2v) is 5.98. The quantitative estimate of drug-likeness (QED) is 0.301. The van der Waals surface area contributed by atoms with E-state index in [1.807, 2.05) is 0 Å². The number of nitrogens with zero attached hydrogens (tertiary/aromatic N) is 1. The molecule has 0 radical (unpaired) electrons. The van der Waals surface area contributed by atoms with Crippen LogP contribution in [0, 0.1) is 0 Å². The molecule has 0 aliphatic carbocycles. The number of amides is 1. The van der Waals surface area contributed by atoms with Gasteiger partial charge < -0.3 is 14.6 Å². The second-order valence-electron chi connectivity index (χ2n) is 5.98. The smallest absolute Gasteiger partial charge is 0.416 e. The van der Waals surface area contributed by atoms with Gasteiger partial charge in [-0.1, -0.05) is 19.9 Å². The van der Waals surface area contributed by atoms with Gasteiger partial charge in [-0.3, -0.25) is 0 Å². The zero-order chi connectivity index (χ0) is 19.8. The van der Waals surface area contributed by atoms with Crippen LogP contribution in [0.25, 0.3) is 0 Å². The molecule has 0 aliphatic heterocycles. The van der Waals surface area contributed by atoms with E-state index in [1.165, 1.54) is 12.1 Å². The van der Waals surface area contributed by atoms with Crippen molar-refractivity contribution >= 4 is 23.4 Å². The zero-order valence-electron chi connectivity index (χ0n) is 15.5. The number of carbonyl (C=O) groups is 2. The van der Waals surface area contributed by atoms with Crippen molar-refractivity contribution in [2.45, 2.75) is 26.7 Å². The molecule has 142 valence electrons. The monoisotopic (exact) mass is 369 g/mol. The van der Waals surface area contributed by atoms with Crippen molar-refractivity contribution in [1.29, 1.82) is 0 Å². The van der Waals surface area contributed by atoms with Crippen LogP contribution in [0.2, 0.25) is 0 Å². The van der Waals surface area contributed by atoms with E-state index in [0.717, 1.165) is 17.7 Å². The molecule has 27 heavy (non-hydrogen) atoms. The van der Waals surface area contributed by atoms with E-state index in [1.54, 1.807) is 43.3 Å². The van der Waals surface area contributed by atoms with Gasteiger partial charge in [0.1, 0.15) is 11.5 Å². The van der Waals surface area contributed by atoms with Crippen LogP contribution < -0.4 is 14.4 Å². The average molecular weight is 369 g/mol. The molecule has 2 rings (SSSR count). The largest absolute Gasteiger partial charge is 0.494 e. The maximum Gasteiger partial charge on any atom is 0.416 e. The highest BCUT2D eigenvalue weighted by molar-refractivity contribution is 5.95. The Labute approximate surface area is 158 Å². The van der Waals surface area contributed by atoms with Crippen LogP contribution in [0.4, 0.5) is 16.2 Å². The lowest BCUT2D eigenvalue weighted by Crippen LogP contribution is -2.23. The highest BCUT2D eigenvalue weighted by atomic mass is 16.5. The fraction of sp³-hybridized carbons (Fsp3) is 0.238. The summed E-state index contributed by atoms with van der Waals surface area (Å²) in [7, 11) is 0. The lowest BCUT2D eigenvalue weighted by atomic mass is 10.2. The first-order chi connectivity index (χ1) is 12.9. The third-order valence-corrected chi connectivity index (χ3v) is 3.71. The number of ether oxygens (including phenoxy) is 2. The Balaban J connectivity index is 2.16. The van der Waals surface area contributed by atoms with E-state index in [9.17, 15) is 14.7 Å². The molecule has 0 atom stereocenters. The summed E-state index contributed by atoms with van der Waals surface area (Å²) in [6.45, 7) is 7.79. The lowest BCUT2D eigenvalue weighted by Gasteiger charge is -2.20. The minimum absolute atomic E-state index is 0.285. The minimum Gasteiger partial charge on any atom is -0.494 e. The van der Waals surface area contributed by atoms with Gasteiger partial charge in [0.05, 0.1) is 18.0 Å². The third-order valence-electron chi connectivity index (χ3n) is 3.71. The van der Waals surface area contributed by atoms with Crippen molar-refractivity contribution < 1.29 is 24.2 Å². The fourth-order valence-corrected chi connectivity index (χ4v) is 2.25. The molecular formula is C21H23NO5. The third kappa shape index (κ3) is 5.60. The molecule has 0 fully saturated rings.